The Morgan fingerprint density at radius 3 is 2.91 bits per heavy atom. The molecule has 0 saturated carbocycles. The summed E-state index contributed by atoms with van der Waals surface area (Å²) >= 11 is 3.34. The molecule has 0 fully saturated rings. The monoisotopic (exact) mass is 374 g/mol. The zero-order valence-electron chi connectivity index (χ0n) is 12.0. The standard InChI is InChI=1S/C16H12BrFN4O/c17-15-10-4-3-7-21(9-23)13(10)8-14(16(15)18)22-12-6-2-1-5-11(12)19-20-22/h1-2,5-6,8-9H,3-4,7H2. The normalized spacial score (nSPS) is 14.1. The molecule has 2 aromatic carbocycles. The van der Waals surface area contributed by atoms with Gasteiger partial charge >= 0.3 is 0 Å². The van der Waals surface area contributed by atoms with Crippen LogP contribution < -0.4 is 4.90 Å². The van der Waals surface area contributed by atoms with Gasteiger partial charge in [-0.15, -0.1) is 5.10 Å². The van der Waals surface area contributed by atoms with E-state index in [1.165, 1.54) is 4.68 Å². The lowest BCUT2D eigenvalue weighted by molar-refractivity contribution is -0.107. The summed E-state index contributed by atoms with van der Waals surface area (Å²) in [6.45, 7) is 0.631. The van der Waals surface area contributed by atoms with E-state index < -0.39 is 5.82 Å². The van der Waals surface area contributed by atoms with Crippen LogP contribution in [0.1, 0.15) is 12.0 Å². The minimum absolute atomic E-state index is 0.276. The van der Waals surface area contributed by atoms with Crippen LogP contribution in [0.2, 0.25) is 0 Å². The summed E-state index contributed by atoms with van der Waals surface area (Å²) in [6.07, 6.45) is 2.33. The molecule has 1 aromatic heterocycles. The minimum atomic E-state index is -0.396. The quantitative estimate of drug-likeness (QED) is 0.647. The van der Waals surface area contributed by atoms with Crippen LogP contribution in [0.4, 0.5) is 10.1 Å². The number of hydrogen-bond acceptors (Lipinski definition) is 3. The van der Waals surface area contributed by atoms with Gasteiger partial charge in [-0.05, 0) is 52.5 Å². The zero-order chi connectivity index (χ0) is 16.0. The molecule has 5 nitrogen and oxygen atoms in total. The average molecular weight is 375 g/mol. The molecule has 0 bridgehead atoms. The number of rotatable bonds is 2. The van der Waals surface area contributed by atoms with Crippen LogP contribution in [0.25, 0.3) is 16.7 Å². The molecule has 116 valence electrons. The summed E-state index contributed by atoms with van der Waals surface area (Å²) < 4.78 is 16.7. The molecule has 3 aromatic rings. The number of anilines is 1. The summed E-state index contributed by atoms with van der Waals surface area (Å²) in [6, 6.07) is 9.03. The van der Waals surface area contributed by atoms with E-state index in [4.69, 9.17) is 0 Å². The van der Waals surface area contributed by atoms with Crippen molar-refractivity contribution in [1.82, 2.24) is 15.0 Å². The molecule has 23 heavy (non-hydrogen) atoms. The fourth-order valence-electron chi connectivity index (χ4n) is 2.99. The van der Waals surface area contributed by atoms with E-state index in [-0.39, 0.29) is 5.69 Å². The van der Waals surface area contributed by atoms with Crippen molar-refractivity contribution in [2.45, 2.75) is 12.8 Å². The molecule has 4 rings (SSSR count). The highest BCUT2D eigenvalue weighted by Gasteiger charge is 2.25. The maximum Gasteiger partial charge on any atom is 0.214 e. The third kappa shape index (κ3) is 2.15. The van der Waals surface area contributed by atoms with Crippen LogP contribution in [0.5, 0.6) is 0 Å². The summed E-state index contributed by atoms with van der Waals surface area (Å²) in [5.41, 5.74) is 3.21. The Hall–Kier alpha value is -2.28. The second kappa shape index (κ2) is 5.42. The first kappa shape index (κ1) is 14.3. The van der Waals surface area contributed by atoms with Gasteiger partial charge in [0.15, 0.2) is 5.82 Å². The third-order valence-electron chi connectivity index (χ3n) is 4.11. The molecule has 1 aliphatic rings. The van der Waals surface area contributed by atoms with Crippen LogP contribution in [-0.4, -0.2) is 27.9 Å². The predicted octanol–water partition coefficient (Wildman–Crippen LogP) is 3.23. The van der Waals surface area contributed by atoms with E-state index in [0.717, 1.165) is 24.8 Å². The molecule has 0 N–H and O–H groups in total. The number of amides is 1. The lowest BCUT2D eigenvalue weighted by Crippen LogP contribution is -2.28. The van der Waals surface area contributed by atoms with Crippen molar-refractivity contribution in [3.05, 3.63) is 46.2 Å². The number of carbonyl (C=O) groups excluding carboxylic acids is 1. The number of aromatic nitrogens is 3. The van der Waals surface area contributed by atoms with Gasteiger partial charge in [0, 0.05) is 6.54 Å². The van der Waals surface area contributed by atoms with Crippen LogP contribution in [0.3, 0.4) is 0 Å². The van der Waals surface area contributed by atoms with Gasteiger partial charge in [0.1, 0.15) is 11.2 Å². The van der Waals surface area contributed by atoms with E-state index in [1.54, 1.807) is 11.0 Å². The summed E-state index contributed by atoms with van der Waals surface area (Å²) in [4.78, 5) is 12.9. The molecule has 1 amide bonds. The Labute approximate surface area is 139 Å². The van der Waals surface area contributed by atoms with Crippen LogP contribution in [0, 0.1) is 5.82 Å². The van der Waals surface area contributed by atoms with Crippen molar-refractivity contribution in [3.63, 3.8) is 0 Å². The molecular formula is C16H12BrFN4O. The minimum Gasteiger partial charge on any atom is -0.315 e. The number of halogens is 2. The van der Waals surface area contributed by atoms with E-state index in [1.807, 2.05) is 24.3 Å². The average Bonchev–Trinajstić information content (AvgIpc) is 3.01. The summed E-state index contributed by atoms with van der Waals surface area (Å²) in [7, 11) is 0. The van der Waals surface area contributed by atoms with Gasteiger partial charge in [0.25, 0.3) is 0 Å². The second-order valence-corrected chi connectivity index (χ2v) is 6.21. The lowest BCUT2D eigenvalue weighted by atomic mass is 10.0. The molecule has 0 atom stereocenters. The van der Waals surface area contributed by atoms with Crippen molar-refractivity contribution >= 4 is 39.1 Å². The highest BCUT2D eigenvalue weighted by atomic mass is 79.9. The highest BCUT2D eigenvalue weighted by molar-refractivity contribution is 9.10. The van der Waals surface area contributed by atoms with Crippen molar-refractivity contribution in [1.29, 1.82) is 0 Å². The van der Waals surface area contributed by atoms with Crippen molar-refractivity contribution < 1.29 is 9.18 Å². The fourth-order valence-corrected chi connectivity index (χ4v) is 3.59. The van der Waals surface area contributed by atoms with E-state index in [2.05, 4.69) is 26.2 Å². The van der Waals surface area contributed by atoms with Gasteiger partial charge < -0.3 is 4.90 Å². The molecule has 1 aliphatic heterocycles. The predicted molar refractivity (Wildman–Crippen MR) is 88.3 cm³/mol. The van der Waals surface area contributed by atoms with Crippen LogP contribution >= 0.6 is 15.9 Å². The SMILES string of the molecule is O=CN1CCCc2c1cc(-n1nnc3ccccc31)c(F)c2Br. The Kier molecular flexibility index (Phi) is 3.37. The van der Waals surface area contributed by atoms with Gasteiger partial charge in [-0.3, -0.25) is 4.79 Å². The third-order valence-corrected chi connectivity index (χ3v) is 4.93. The first-order valence-electron chi connectivity index (χ1n) is 7.24. The summed E-state index contributed by atoms with van der Waals surface area (Å²) in [5, 5.41) is 8.13. The largest absolute Gasteiger partial charge is 0.315 e. The number of nitrogens with zero attached hydrogens (tertiary/aromatic N) is 4. The van der Waals surface area contributed by atoms with Crippen molar-refractivity contribution in [2.75, 3.05) is 11.4 Å². The number of fused-ring (bicyclic) bond motifs is 2. The van der Waals surface area contributed by atoms with Gasteiger partial charge in [0.2, 0.25) is 6.41 Å². The zero-order valence-corrected chi connectivity index (χ0v) is 13.6. The van der Waals surface area contributed by atoms with Crippen LogP contribution in [0.15, 0.2) is 34.8 Å². The molecule has 7 heteroatoms. The van der Waals surface area contributed by atoms with Gasteiger partial charge in [-0.2, -0.15) is 0 Å². The van der Waals surface area contributed by atoms with E-state index in [9.17, 15) is 9.18 Å². The molecular weight excluding hydrogens is 363 g/mol. The van der Waals surface area contributed by atoms with E-state index >= 15 is 0 Å². The number of benzene rings is 2. The molecule has 0 aliphatic carbocycles. The fraction of sp³-hybridized carbons (Fsp3) is 0.188. The smallest absolute Gasteiger partial charge is 0.214 e. The molecule has 0 radical (unpaired) electrons. The number of carbonyl (C=O) groups is 1. The van der Waals surface area contributed by atoms with Crippen molar-refractivity contribution in [3.8, 4) is 5.69 Å². The number of hydrogen-bond donors (Lipinski definition) is 0. The number of para-hydroxylation sites is 1. The van der Waals surface area contributed by atoms with Crippen LogP contribution in [-0.2, 0) is 11.2 Å². The highest BCUT2D eigenvalue weighted by Crippen LogP contribution is 2.37. The Morgan fingerprint density at radius 1 is 1.26 bits per heavy atom. The van der Waals surface area contributed by atoms with Gasteiger partial charge in [-0.1, -0.05) is 17.3 Å². The maximum absolute atomic E-state index is 14.9. The Morgan fingerprint density at radius 2 is 2.09 bits per heavy atom. The maximum atomic E-state index is 14.9. The molecule has 0 unspecified atom stereocenters. The van der Waals surface area contributed by atoms with Crippen molar-refractivity contribution in [2.24, 2.45) is 0 Å². The Balaban J connectivity index is 1.99. The molecule has 0 saturated heterocycles. The molecule has 2 heterocycles. The Bertz CT molecular complexity index is 924. The second-order valence-electron chi connectivity index (χ2n) is 5.41. The molecule has 0 spiro atoms. The summed E-state index contributed by atoms with van der Waals surface area (Å²) in [5.74, 6) is -0.396. The van der Waals surface area contributed by atoms with Gasteiger partial charge in [0.05, 0.1) is 15.7 Å². The first-order chi connectivity index (χ1) is 11.2. The topological polar surface area (TPSA) is 51.0 Å². The van der Waals surface area contributed by atoms with E-state index in [0.29, 0.717) is 27.7 Å². The van der Waals surface area contributed by atoms with Gasteiger partial charge in [-0.25, -0.2) is 9.07 Å². The first-order valence-corrected chi connectivity index (χ1v) is 8.03. The lowest BCUT2D eigenvalue weighted by Gasteiger charge is -2.27.